The second kappa shape index (κ2) is 5.55. The van der Waals surface area contributed by atoms with Gasteiger partial charge in [0.2, 0.25) is 5.89 Å². The lowest BCUT2D eigenvalue weighted by Gasteiger charge is -2.08. The lowest BCUT2D eigenvalue weighted by atomic mass is 10.1. The molecule has 0 saturated carbocycles. The van der Waals surface area contributed by atoms with E-state index >= 15 is 0 Å². The van der Waals surface area contributed by atoms with Crippen molar-refractivity contribution >= 4 is 0 Å². The predicted octanol–water partition coefficient (Wildman–Crippen LogP) is 2.08. The summed E-state index contributed by atoms with van der Waals surface area (Å²) in [5.41, 5.74) is 0.905. The SMILES string of the molecule is CNCc1ncc(-c2ccc(OC)c(OC)c2)o1. The molecule has 1 heterocycles. The minimum atomic E-state index is 0.604. The molecule has 0 atom stereocenters. The molecule has 0 saturated heterocycles. The van der Waals surface area contributed by atoms with Crippen LogP contribution in [0.1, 0.15) is 5.89 Å². The molecule has 0 spiro atoms. The van der Waals surface area contributed by atoms with E-state index in [2.05, 4.69) is 10.3 Å². The van der Waals surface area contributed by atoms with Crippen LogP contribution in [0, 0.1) is 0 Å². The number of nitrogens with one attached hydrogen (secondary N) is 1. The van der Waals surface area contributed by atoms with Crippen LogP contribution >= 0.6 is 0 Å². The number of methoxy groups -OCH3 is 2. The fourth-order valence-corrected chi connectivity index (χ4v) is 1.67. The molecule has 0 aliphatic rings. The van der Waals surface area contributed by atoms with E-state index in [1.807, 2.05) is 25.2 Å². The molecule has 1 aromatic heterocycles. The number of hydrogen-bond donors (Lipinski definition) is 1. The maximum atomic E-state index is 5.61. The van der Waals surface area contributed by atoms with Crippen molar-refractivity contribution < 1.29 is 13.9 Å². The molecule has 2 aromatic rings. The summed E-state index contributed by atoms with van der Waals surface area (Å²) < 4.78 is 16.1. The average molecular weight is 248 g/mol. The largest absolute Gasteiger partial charge is 0.493 e. The van der Waals surface area contributed by atoms with Crippen LogP contribution in [0.4, 0.5) is 0 Å². The van der Waals surface area contributed by atoms with Crippen LogP contribution in [0.3, 0.4) is 0 Å². The van der Waals surface area contributed by atoms with Crippen molar-refractivity contribution in [3.8, 4) is 22.8 Å². The van der Waals surface area contributed by atoms with Gasteiger partial charge in [0.1, 0.15) is 0 Å². The Kier molecular flexibility index (Phi) is 3.84. The summed E-state index contributed by atoms with van der Waals surface area (Å²) in [6.07, 6.45) is 1.70. The molecule has 5 heteroatoms. The zero-order valence-corrected chi connectivity index (χ0v) is 10.7. The van der Waals surface area contributed by atoms with Crippen LogP contribution < -0.4 is 14.8 Å². The van der Waals surface area contributed by atoms with E-state index in [1.54, 1.807) is 20.4 Å². The normalized spacial score (nSPS) is 10.4. The van der Waals surface area contributed by atoms with Crippen molar-refractivity contribution in [2.24, 2.45) is 0 Å². The minimum absolute atomic E-state index is 0.604. The summed E-state index contributed by atoms with van der Waals surface area (Å²) in [5.74, 6) is 2.72. The predicted molar refractivity (Wildman–Crippen MR) is 67.8 cm³/mol. The highest BCUT2D eigenvalue weighted by Gasteiger charge is 2.10. The average Bonchev–Trinajstić information content (AvgIpc) is 2.87. The first kappa shape index (κ1) is 12.4. The van der Waals surface area contributed by atoms with Gasteiger partial charge in [0.05, 0.1) is 27.0 Å². The Balaban J connectivity index is 2.31. The molecule has 1 N–H and O–H groups in total. The van der Waals surface area contributed by atoms with Crippen LogP contribution in [0.2, 0.25) is 0 Å². The molecular formula is C13H16N2O3. The molecule has 0 bridgehead atoms. The second-order valence-corrected chi connectivity index (χ2v) is 3.72. The van der Waals surface area contributed by atoms with Gasteiger partial charge in [0.15, 0.2) is 17.3 Å². The second-order valence-electron chi connectivity index (χ2n) is 3.72. The Hall–Kier alpha value is -2.01. The zero-order chi connectivity index (χ0) is 13.0. The van der Waals surface area contributed by atoms with E-state index in [0.717, 1.165) is 5.56 Å². The summed E-state index contributed by atoms with van der Waals surface area (Å²) in [6, 6.07) is 5.61. The Morgan fingerprint density at radius 1 is 1.22 bits per heavy atom. The molecule has 1 aromatic carbocycles. The molecule has 0 fully saturated rings. The van der Waals surface area contributed by atoms with Crippen LogP contribution in [-0.2, 0) is 6.54 Å². The van der Waals surface area contributed by atoms with Crippen molar-refractivity contribution in [3.63, 3.8) is 0 Å². The fourth-order valence-electron chi connectivity index (χ4n) is 1.67. The van der Waals surface area contributed by atoms with Gasteiger partial charge >= 0.3 is 0 Å². The number of ether oxygens (including phenoxy) is 2. The Morgan fingerprint density at radius 2 is 2.00 bits per heavy atom. The monoisotopic (exact) mass is 248 g/mol. The maximum absolute atomic E-state index is 5.61. The molecule has 0 aliphatic carbocycles. The molecule has 2 rings (SSSR count). The number of oxazole rings is 1. The van der Waals surface area contributed by atoms with Crippen molar-refractivity contribution in [2.75, 3.05) is 21.3 Å². The Morgan fingerprint density at radius 3 is 2.67 bits per heavy atom. The van der Waals surface area contributed by atoms with Crippen LogP contribution in [0.25, 0.3) is 11.3 Å². The first-order valence-electron chi connectivity index (χ1n) is 5.60. The molecule has 0 radical (unpaired) electrons. The highest BCUT2D eigenvalue weighted by Crippen LogP contribution is 2.32. The smallest absolute Gasteiger partial charge is 0.208 e. The molecule has 0 aliphatic heterocycles. The van der Waals surface area contributed by atoms with Crippen molar-refractivity contribution in [2.45, 2.75) is 6.54 Å². The van der Waals surface area contributed by atoms with Gasteiger partial charge < -0.3 is 19.2 Å². The lowest BCUT2D eigenvalue weighted by Crippen LogP contribution is -2.04. The summed E-state index contributed by atoms with van der Waals surface area (Å²) >= 11 is 0. The first-order chi connectivity index (χ1) is 8.78. The maximum Gasteiger partial charge on any atom is 0.208 e. The Bertz CT molecular complexity index is 523. The molecule has 0 unspecified atom stereocenters. The third kappa shape index (κ3) is 2.46. The fraction of sp³-hybridized carbons (Fsp3) is 0.308. The van der Waals surface area contributed by atoms with Gasteiger partial charge in [0.25, 0.3) is 0 Å². The van der Waals surface area contributed by atoms with Gasteiger partial charge in [-0.2, -0.15) is 0 Å². The summed E-state index contributed by atoms with van der Waals surface area (Å²) in [5, 5.41) is 2.99. The third-order valence-corrected chi connectivity index (χ3v) is 2.55. The quantitative estimate of drug-likeness (QED) is 0.878. The van der Waals surface area contributed by atoms with E-state index in [-0.39, 0.29) is 0 Å². The highest BCUT2D eigenvalue weighted by molar-refractivity contribution is 5.62. The summed E-state index contributed by atoms with van der Waals surface area (Å²) in [6.45, 7) is 0.604. The molecule has 5 nitrogen and oxygen atoms in total. The number of aromatic nitrogens is 1. The molecule has 18 heavy (non-hydrogen) atoms. The van der Waals surface area contributed by atoms with Gasteiger partial charge in [-0.3, -0.25) is 0 Å². The van der Waals surface area contributed by atoms with Crippen molar-refractivity contribution in [1.29, 1.82) is 0 Å². The van der Waals surface area contributed by atoms with Crippen molar-refractivity contribution in [3.05, 3.63) is 30.3 Å². The number of rotatable bonds is 5. The first-order valence-corrected chi connectivity index (χ1v) is 5.60. The zero-order valence-electron chi connectivity index (χ0n) is 10.7. The highest BCUT2D eigenvalue weighted by atomic mass is 16.5. The third-order valence-electron chi connectivity index (χ3n) is 2.55. The summed E-state index contributed by atoms with van der Waals surface area (Å²) in [4.78, 5) is 4.18. The van der Waals surface area contributed by atoms with Gasteiger partial charge in [-0.1, -0.05) is 0 Å². The van der Waals surface area contributed by atoms with Crippen LogP contribution in [0.15, 0.2) is 28.8 Å². The number of benzene rings is 1. The Labute approximate surface area is 106 Å². The van der Waals surface area contributed by atoms with Gasteiger partial charge in [0, 0.05) is 5.56 Å². The summed E-state index contributed by atoms with van der Waals surface area (Å²) in [7, 11) is 5.06. The topological polar surface area (TPSA) is 56.5 Å². The van der Waals surface area contributed by atoms with E-state index in [1.165, 1.54) is 0 Å². The minimum Gasteiger partial charge on any atom is -0.493 e. The standard InChI is InChI=1S/C13H16N2O3/c1-14-8-13-15-7-12(18-13)9-4-5-10(16-2)11(6-9)17-3/h4-7,14H,8H2,1-3H3. The van der Waals surface area contributed by atoms with Crippen LogP contribution in [0.5, 0.6) is 11.5 Å². The van der Waals surface area contributed by atoms with Crippen molar-refractivity contribution in [1.82, 2.24) is 10.3 Å². The number of nitrogens with zero attached hydrogens (tertiary/aromatic N) is 1. The van der Waals surface area contributed by atoms with E-state index in [0.29, 0.717) is 29.7 Å². The van der Waals surface area contributed by atoms with E-state index in [9.17, 15) is 0 Å². The van der Waals surface area contributed by atoms with Gasteiger partial charge in [-0.15, -0.1) is 0 Å². The van der Waals surface area contributed by atoms with E-state index in [4.69, 9.17) is 13.9 Å². The van der Waals surface area contributed by atoms with E-state index < -0.39 is 0 Å². The molecule has 0 amide bonds. The number of hydrogen-bond acceptors (Lipinski definition) is 5. The molecular weight excluding hydrogens is 232 g/mol. The van der Waals surface area contributed by atoms with Gasteiger partial charge in [-0.25, -0.2) is 4.98 Å². The van der Waals surface area contributed by atoms with Gasteiger partial charge in [-0.05, 0) is 25.2 Å². The molecule has 96 valence electrons. The lowest BCUT2D eigenvalue weighted by molar-refractivity contribution is 0.355. The van der Waals surface area contributed by atoms with Crippen LogP contribution in [-0.4, -0.2) is 26.3 Å².